The van der Waals surface area contributed by atoms with E-state index in [0.717, 1.165) is 140 Å². The zero-order chi connectivity index (χ0) is 55.1. The van der Waals surface area contributed by atoms with Crippen LogP contribution >= 0.6 is 0 Å². The summed E-state index contributed by atoms with van der Waals surface area (Å²) in [4.78, 5) is 6.94. The summed E-state index contributed by atoms with van der Waals surface area (Å²) in [6, 6.07) is 114. The van der Waals surface area contributed by atoms with Gasteiger partial charge in [-0.25, -0.2) is 0 Å². The number of rotatable bonds is 13. The van der Waals surface area contributed by atoms with Gasteiger partial charge in [-0.1, -0.05) is 200 Å². The number of hydrogen-bond donors (Lipinski definition) is 0. The minimum absolute atomic E-state index is 0.901. The summed E-state index contributed by atoms with van der Waals surface area (Å²) in [6.45, 7) is 0. The van der Waals surface area contributed by atoms with E-state index in [1.54, 1.807) is 0 Å². The summed E-state index contributed by atoms with van der Waals surface area (Å²) in [5, 5.41) is 4.52. The van der Waals surface area contributed by atoms with E-state index in [4.69, 9.17) is 8.83 Å². The fourth-order valence-electron chi connectivity index (χ4n) is 11.8. The van der Waals surface area contributed by atoms with Crippen molar-refractivity contribution in [2.24, 2.45) is 0 Å². The van der Waals surface area contributed by atoms with Gasteiger partial charge in [-0.3, -0.25) is 0 Å². The predicted molar refractivity (Wildman–Crippen MR) is 347 cm³/mol. The van der Waals surface area contributed by atoms with Crippen LogP contribution in [0.5, 0.6) is 0 Å². The SMILES string of the molecule is c1ccc(N(c2ccc(-c3ccc(N(c4ccccc4)c4ccc(-c5cccc6c5oc5ccccc56)cc4)cc3)cc2)c2ccc(-c3ccc(N(c4ccccc4)c4ccc(-c5cccc6c5oc5ccccc56)cc4)cc3)cc2)cc1. The summed E-state index contributed by atoms with van der Waals surface area (Å²) in [7, 11) is 0. The van der Waals surface area contributed by atoms with E-state index in [9.17, 15) is 0 Å². The first-order chi connectivity index (χ1) is 41.1. The lowest BCUT2D eigenvalue weighted by Crippen LogP contribution is -2.10. The molecule has 83 heavy (non-hydrogen) atoms. The second-order valence-corrected chi connectivity index (χ2v) is 20.9. The molecule has 0 aliphatic carbocycles. The van der Waals surface area contributed by atoms with Gasteiger partial charge in [0.1, 0.15) is 22.3 Å². The van der Waals surface area contributed by atoms with Crippen LogP contribution in [0.1, 0.15) is 0 Å². The van der Waals surface area contributed by atoms with Crippen molar-refractivity contribution < 1.29 is 8.83 Å². The standard InChI is InChI=1S/C78H53N3O2/c1-4-16-60(17-5-1)79(63-42-30-54(31-43-63)56-34-46-65(47-35-56)80(61-18-6-2-7-19-61)67-50-38-58(39-51-67)69-24-14-26-73-71-22-10-12-28-75(71)82-77(69)73)64-44-32-55(33-45-64)57-36-48-66(49-37-57)81(62-20-8-3-9-21-62)68-52-40-59(41-53-68)70-25-15-27-74-72-23-11-13-29-76(72)83-78(70)74/h1-53H. The van der Waals surface area contributed by atoms with Gasteiger partial charge in [-0.2, -0.15) is 0 Å². The molecule has 0 atom stereocenters. The Kier molecular flexibility index (Phi) is 12.5. The normalized spacial score (nSPS) is 11.4. The lowest BCUT2D eigenvalue weighted by atomic mass is 10.0. The second kappa shape index (κ2) is 21.2. The van der Waals surface area contributed by atoms with Crippen LogP contribution in [-0.4, -0.2) is 0 Å². The van der Waals surface area contributed by atoms with E-state index < -0.39 is 0 Å². The first-order valence-electron chi connectivity index (χ1n) is 28.1. The molecule has 2 aromatic heterocycles. The highest BCUT2D eigenvalue weighted by Gasteiger charge is 2.19. The van der Waals surface area contributed by atoms with E-state index in [0.29, 0.717) is 0 Å². The second-order valence-electron chi connectivity index (χ2n) is 20.9. The van der Waals surface area contributed by atoms with E-state index in [1.165, 1.54) is 0 Å². The number of hydrogen-bond acceptors (Lipinski definition) is 5. The molecule has 0 aliphatic heterocycles. The van der Waals surface area contributed by atoms with Gasteiger partial charge < -0.3 is 23.5 Å². The molecule has 5 nitrogen and oxygen atoms in total. The zero-order valence-corrected chi connectivity index (χ0v) is 45.3. The molecule has 2 heterocycles. The molecule has 392 valence electrons. The molecule has 0 aliphatic rings. The Bertz CT molecular complexity index is 4440. The smallest absolute Gasteiger partial charge is 0.143 e. The summed E-state index contributed by atoms with van der Waals surface area (Å²) >= 11 is 0. The van der Waals surface area contributed by atoms with Gasteiger partial charge in [0.05, 0.1) is 0 Å². The van der Waals surface area contributed by atoms with Crippen LogP contribution in [0.25, 0.3) is 88.4 Å². The van der Waals surface area contributed by atoms with Crippen LogP contribution < -0.4 is 14.7 Å². The van der Waals surface area contributed by atoms with Crippen molar-refractivity contribution in [3.63, 3.8) is 0 Å². The molecule has 0 N–H and O–H groups in total. The van der Waals surface area contributed by atoms with Crippen LogP contribution in [0.4, 0.5) is 51.2 Å². The maximum atomic E-state index is 6.41. The molecule has 0 bridgehead atoms. The van der Waals surface area contributed by atoms with Crippen LogP contribution in [-0.2, 0) is 0 Å². The Morgan fingerprint density at radius 3 is 0.687 bits per heavy atom. The van der Waals surface area contributed by atoms with Gasteiger partial charge in [0.25, 0.3) is 0 Å². The third-order valence-electron chi connectivity index (χ3n) is 15.9. The topological polar surface area (TPSA) is 36.0 Å². The molecule has 0 amide bonds. The Labute approximate surface area is 482 Å². The van der Waals surface area contributed by atoms with Crippen molar-refractivity contribution in [1.82, 2.24) is 0 Å². The Morgan fingerprint density at radius 2 is 0.398 bits per heavy atom. The quantitative estimate of drug-likeness (QED) is 0.115. The highest BCUT2D eigenvalue weighted by Crippen LogP contribution is 2.43. The molecule has 0 saturated carbocycles. The van der Waals surface area contributed by atoms with Gasteiger partial charge in [0.2, 0.25) is 0 Å². The lowest BCUT2D eigenvalue weighted by Gasteiger charge is -2.26. The highest BCUT2D eigenvalue weighted by atomic mass is 16.3. The average Bonchev–Trinajstić information content (AvgIpc) is 4.32. The number of para-hydroxylation sites is 7. The first-order valence-corrected chi connectivity index (χ1v) is 28.1. The lowest BCUT2D eigenvalue weighted by molar-refractivity contribution is 0.669. The Hall–Kier alpha value is -11.1. The maximum Gasteiger partial charge on any atom is 0.143 e. The van der Waals surface area contributed by atoms with Crippen molar-refractivity contribution in [2.75, 3.05) is 14.7 Å². The molecule has 15 aromatic rings. The fourth-order valence-corrected chi connectivity index (χ4v) is 11.8. The average molecular weight is 1060 g/mol. The van der Waals surface area contributed by atoms with Gasteiger partial charge >= 0.3 is 0 Å². The van der Waals surface area contributed by atoms with Crippen LogP contribution in [0.15, 0.2) is 330 Å². The fraction of sp³-hybridized carbons (Fsp3) is 0. The third kappa shape index (κ3) is 9.22. The van der Waals surface area contributed by atoms with Crippen LogP contribution in [0.2, 0.25) is 0 Å². The number of fused-ring (bicyclic) bond motifs is 6. The molecule has 13 aromatic carbocycles. The molecular weight excluding hydrogens is 1010 g/mol. The van der Waals surface area contributed by atoms with Crippen molar-refractivity contribution in [3.05, 3.63) is 322 Å². The summed E-state index contributed by atoms with van der Waals surface area (Å²) in [5.74, 6) is 0. The molecule has 0 saturated heterocycles. The minimum atomic E-state index is 0.901. The summed E-state index contributed by atoms with van der Waals surface area (Å²) in [5.41, 5.74) is 22.2. The summed E-state index contributed by atoms with van der Waals surface area (Å²) < 4.78 is 12.8. The predicted octanol–water partition coefficient (Wildman–Crippen LogP) is 22.6. The van der Waals surface area contributed by atoms with E-state index >= 15 is 0 Å². The zero-order valence-electron chi connectivity index (χ0n) is 45.3. The molecule has 5 heteroatoms. The minimum Gasteiger partial charge on any atom is -0.455 e. The Morgan fingerprint density at radius 1 is 0.169 bits per heavy atom. The molecule has 0 radical (unpaired) electrons. The van der Waals surface area contributed by atoms with Crippen molar-refractivity contribution in [3.8, 4) is 44.5 Å². The van der Waals surface area contributed by atoms with Gasteiger partial charge in [-0.15, -0.1) is 0 Å². The number of anilines is 9. The maximum absolute atomic E-state index is 6.41. The van der Waals surface area contributed by atoms with Crippen LogP contribution in [0.3, 0.4) is 0 Å². The van der Waals surface area contributed by atoms with E-state index in [1.807, 2.05) is 24.3 Å². The van der Waals surface area contributed by atoms with Gasteiger partial charge in [0, 0.05) is 83.9 Å². The van der Waals surface area contributed by atoms with Crippen molar-refractivity contribution in [2.45, 2.75) is 0 Å². The summed E-state index contributed by atoms with van der Waals surface area (Å²) in [6.07, 6.45) is 0. The van der Waals surface area contributed by atoms with Crippen molar-refractivity contribution >= 4 is 95.1 Å². The van der Waals surface area contributed by atoms with Gasteiger partial charge in [0.15, 0.2) is 0 Å². The monoisotopic (exact) mass is 1060 g/mol. The molecule has 0 spiro atoms. The largest absolute Gasteiger partial charge is 0.455 e. The Balaban J connectivity index is 0.676. The number of benzene rings is 13. The molecule has 0 fully saturated rings. The molecule has 0 unspecified atom stereocenters. The first kappa shape index (κ1) is 48.9. The van der Waals surface area contributed by atoms with Crippen LogP contribution in [0, 0.1) is 0 Å². The number of nitrogens with zero attached hydrogens (tertiary/aromatic N) is 3. The third-order valence-corrected chi connectivity index (χ3v) is 15.9. The van der Waals surface area contributed by atoms with Gasteiger partial charge in [-0.05, 0) is 155 Å². The highest BCUT2D eigenvalue weighted by molar-refractivity contribution is 6.10. The molecular formula is C78H53N3O2. The molecule has 15 rings (SSSR count). The number of furan rings is 2. The van der Waals surface area contributed by atoms with Crippen molar-refractivity contribution in [1.29, 1.82) is 0 Å². The van der Waals surface area contributed by atoms with E-state index in [2.05, 4.69) is 312 Å². The van der Waals surface area contributed by atoms with E-state index in [-0.39, 0.29) is 0 Å².